The zero-order valence-electron chi connectivity index (χ0n) is 12.4. The van der Waals surface area contributed by atoms with E-state index in [0.717, 1.165) is 39.0 Å². The molecule has 0 aliphatic carbocycles. The van der Waals surface area contributed by atoms with Crippen molar-refractivity contribution in [2.45, 2.75) is 45.3 Å². The fraction of sp³-hybridized carbons (Fsp3) is 0.929. The van der Waals surface area contributed by atoms with Crippen molar-refractivity contribution < 1.29 is 9.53 Å². The first-order valence-corrected chi connectivity index (χ1v) is 8.41. The van der Waals surface area contributed by atoms with Gasteiger partial charge in [-0.2, -0.15) is 11.8 Å². The third kappa shape index (κ3) is 4.56. The van der Waals surface area contributed by atoms with Crippen LogP contribution in [0.25, 0.3) is 0 Å². The minimum Gasteiger partial charge on any atom is -0.444 e. The van der Waals surface area contributed by atoms with E-state index in [4.69, 9.17) is 4.74 Å². The topological polar surface area (TPSA) is 32.8 Å². The van der Waals surface area contributed by atoms with Crippen molar-refractivity contribution in [2.75, 3.05) is 37.7 Å². The van der Waals surface area contributed by atoms with Crippen LogP contribution in [0.1, 0.15) is 33.6 Å². The van der Waals surface area contributed by atoms with Gasteiger partial charge in [-0.05, 0) is 33.6 Å². The lowest BCUT2D eigenvalue weighted by Gasteiger charge is -2.33. The van der Waals surface area contributed by atoms with Gasteiger partial charge in [0, 0.05) is 43.7 Å². The highest BCUT2D eigenvalue weighted by Crippen LogP contribution is 2.22. The molecule has 2 aliphatic rings. The Kier molecular flexibility index (Phi) is 5.01. The van der Waals surface area contributed by atoms with Gasteiger partial charge in [0.1, 0.15) is 5.60 Å². The van der Waals surface area contributed by atoms with Crippen LogP contribution in [-0.4, -0.2) is 65.2 Å². The molecule has 19 heavy (non-hydrogen) atoms. The lowest BCUT2D eigenvalue weighted by atomic mass is 10.2. The minimum absolute atomic E-state index is 0.138. The summed E-state index contributed by atoms with van der Waals surface area (Å²) in [5.74, 6) is 2.44. The SMILES string of the molecule is CC(C)(C)OC(=O)N1CCCC1CN1CCSCC1. The van der Waals surface area contributed by atoms with Crippen molar-refractivity contribution in [3.63, 3.8) is 0 Å². The van der Waals surface area contributed by atoms with E-state index in [2.05, 4.69) is 4.90 Å². The predicted molar refractivity (Wildman–Crippen MR) is 79.7 cm³/mol. The quantitative estimate of drug-likeness (QED) is 0.780. The molecule has 2 saturated heterocycles. The van der Waals surface area contributed by atoms with E-state index in [9.17, 15) is 4.79 Å². The zero-order valence-corrected chi connectivity index (χ0v) is 13.2. The van der Waals surface area contributed by atoms with Crippen LogP contribution in [-0.2, 0) is 4.74 Å². The Bertz CT molecular complexity index is 311. The number of hydrogen-bond donors (Lipinski definition) is 0. The summed E-state index contributed by atoms with van der Waals surface area (Å²) in [4.78, 5) is 16.6. The molecule has 0 bridgehead atoms. The van der Waals surface area contributed by atoms with Crippen LogP contribution in [0.3, 0.4) is 0 Å². The maximum atomic E-state index is 12.2. The maximum absolute atomic E-state index is 12.2. The number of thioether (sulfide) groups is 1. The second-order valence-corrected chi connectivity index (χ2v) is 7.61. The Morgan fingerprint density at radius 1 is 1.26 bits per heavy atom. The van der Waals surface area contributed by atoms with Crippen molar-refractivity contribution in [1.82, 2.24) is 9.80 Å². The Labute approximate surface area is 120 Å². The summed E-state index contributed by atoms with van der Waals surface area (Å²) in [7, 11) is 0. The summed E-state index contributed by atoms with van der Waals surface area (Å²) in [5.41, 5.74) is -0.397. The van der Waals surface area contributed by atoms with Gasteiger partial charge in [-0.1, -0.05) is 0 Å². The normalized spacial score (nSPS) is 25.6. The molecule has 2 aliphatic heterocycles. The standard InChI is InChI=1S/C14H26N2O2S/c1-14(2,3)18-13(17)16-6-4-5-12(16)11-15-7-9-19-10-8-15/h12H,4-11H2,1-3H3. The Morgan fingerprint density at radius 2 is 1.95 bits per heavy atom. The first-order valence-electron chi connectivity index (χ1n) is 7.25. The number of carbonyl (C=O) groups is 1. The molecule has 0 radical (unpaired) electrons. The highest BCUT2D eigenvalue weighted by molar-refractivity contribution is 7.99. The molecule has 1 amide bonds. The number of rotatable bonds is 2. The van der Waals surface area contributed by atoms with Crippen LogP contribution < -0.4 is 0 Å². The van der Waals surface area contributed by atoms with E-state index in [1.807, 2.05) is 37.4 Å². The molecule has 110 valence electrons. The molecule has 0 saturated carbocycles. The second kappa shape index (κ2) is 6.35. The van der Waals surface area contributed by atoms with Gasteiger partial charge in [0.15, 0.2) is 0 Å². The van der Waals surface area contributed by atoms with Crippen molar-refractivity contribution in [3.05, 3.63) is 0 Å². The van der Waals surface area contributed by atoms with Gasteiger partial charge in [0.05, 0.1) is 0 Å². The van der Waals surface area contributed by atoms with Crippen molar-refractivity contribution >= 4 is 17.9 Å². The maximum Gasteiger partial charge on any atom is 0.410 e. The fourth-order valence-electron chi connectivity index (χ4n) is 2.67. The van der Waals surface area contributed by atoms with Gasteiger partial charge >= 0.3 is 6.09 Å². The van der Waals surface area contributed by atoms with Crippen LogP contribution in [0.4, 0.5) is 4.79 Å². The number of amides is 1. The molecule has 0 N–H and O–H groups in total. The average Bonchev–Trinajstić information content (AvgIpc) is 2.76. The zero-order chi connectivity index (χ0) is 13.9. The largest absolute Gasteiger partial charge is 0.444 e. The summed E-state index contributed by atoms with van der Waals surface area (Å²) in [6.07, 6.45) is 2.08. The molecule has 5 heteroatoms. The van der Waals surface area contributed by atoms with Gasteiger partial charge in [0.25, 0.3) is 0 Å². The van der Waals surface area contributed by atoms with E-state index >= 15 is 0 Å². The lowest BCUT2D eigenvalue weighted by molar-refractivity contribution is 0.0199. The summed E-state index contributed by atoms with van der Waals surface area (Å²) in [6, 6.07) is 0.345. The summed E-state index contributed by atoms with van der Waals surface area (Å²) in [6.45, 7) is 9.96. The third-order valence-corrected chi connectivity index (χ3v) is 4.52. The second-order valence-electron chi connectivity index (χ2n) is 6.38. The smallest absolute Gasteiger partial charge is 0.410 e. The molecule has 2 rings (SSSR count). The molecule has 4 nitrogen and oxygen atoms in total. The van der Waals surface area contributed by atoms with Crippen molar-refractivity contribution in [1.29, 1.82) is 0 Å². The van der Waals surface area contributed by atoms with E-state index < -0.39 is 5.60 Å². The van der Waals surface area contributed by atoms with Crippen LogP contribution in [0.15, 0.2) is 0 Å². The molecule has 2 heterocycles. The fourth-order valence-corrected chi connectivity index (χ4v) is 3.65. The molecule has 1 unspecified atom stereocenters. The summed E-state index contributed by atoms with van der Waals surface area (Å²) < 4.78 is 5.51. The number of ether oxygens (including phenoxy) is 1. The highest BCUT2D eigenvalue weighted by Gasteiger charge is 2.33. The van der Waals surface area contributed by atoms with Crippen molar-refractivity contribution in [2.24, 2.45) is 0 Å². The summed E-state index contributed by atoms with van der Waals surface area (Å²) in [5, 5.41) is 0. The van der Waals surface area contributed by atoms with E-state index in [-0.39, 0.29) is 6.09 Å². The van der Waals surface area contributed by atoms with Crippen LogP contribution in [0.2, 0.25) is 0 Å². The molecule has 1 atom stereocenters. The van der Waals surface area contributed by atoms with Crippen LogP contribution >= 0.6 is 11.8 Å². The van der Waals surface area contributed by atoms with Gasteiger partial charge in [-0.3, -0.25) is 4.90 Å². The number of carbonyl (C=O) groups excluding carboxylic acids is 1. The predicted octanol–water partition coefficient (Wildman–Crippen LogP) is 2.43. The number of likely N-dealkylation sites (tertiary alicyclic amines) is 1. The highest BCUT2D eigenvalue weighted by atomic mass is 32.2. The first kappa shape index (κ1) is 15.0. The molecule has 0 aromatic heterocycles. The average molecular weight is 286 g/mol. The molecular weight excluding hydrogens is 260 g/mol. The Morgan fingerprint density at radius 3 is 2.58 bits per heavy atom. The van der Waals surface area contributed by atoms with E-state index in [0.29, 0.717) is 6.04 Å². The molecule has 2 fully saturated rings. The molecule has 0 aromatic rings. The molecule has 0 spiro atoms. The van der Waals surface area contributed by atoms with Gasteiger partial charge in [0.2, 0.25) is 0 Å². The molecule has 0 aromatic carbocycles. The Hall–Kier alpha value is -0.420. The molecular formula is C14H26N2O2S. The van der Waals surface area contributed by atoms with Crippen molar-refractivity contribution in [3.8, 4) is 0 Å². The number of nitrogens with zero attached hydrogens (tertiary/aromatic N) is 2. The Balaban J connectivity index is 1.87. The van der Waals surface area contributed by atoms with Gasteiger partial charge < -0.3 is 9.64 Å². The lowest BCUT2D eigenvalue weighted by Crippen LogP contribution is -2.47. The van der Waals surface area contributed by atoms with Crippen LogP contribution in [0, 0.1) is 0 Å². The third-order valence-electron chi connectivity index (χ3n) is 3.58. The van der Waals surface area contributed by atoms with Gasteiger partial charge in [-0.25, -0.2) is 4.79 Å². The number of hydrogen-bond acceptors (Lipinski definition) is 4. The van der Waals surface area contributed by atoms with Gasteiger partial charge in [-0.15, -0.1) is 0 Å². The minimum atomic E-state index is -0.397. The van der Waals surface area contributed by atoms with E-state index in [1.165, 1.54) is 11.5 Å². The van der Waals surface area contributed by atoms with Crippen LogP contribution in [0.5, 0.6) is 0 Å². The monoisotopic (exact) mass is 286 g/mol. The first-order chi connectivity index (χ1) is 8.96. The van der Waals surface area contributed by atoms with E-state index in [1.54, 1.807) is 0 Å². The summed E-state index contributed by atoms with van der Waals surface area (Å²) >= 11 is 2.02.